The maximum atomic E-state index is 12.4. The molecule has 0 unspecified atom stereocenters. The number of benzene rings is 2. The molecule has 0 aliphatic rings. The molecule has 1 aromatic heterocycles. The first-order valence-corrected chi connectivity index (χ1v) is 7.46. The Morgan fingerprint density at radius 2 is 1.95 bits per heavy atom. The van der Waals surface area contributed by atoms with E-state index >= 15 is 0 Å². The summed E-state index contributed by atoms with van der Waals surface area (Å²) < 4.78 is 1.34. The largest absolute Gasteiger partial charge is 0.330 e. The number of nitrogens with one attached hydrogen (secondary N) is 1. The highest BCUT2D eigenvalue weighted by molar-refractivity contribution is 7.71. The van der Waals surface area contributed by atoms with Gasteiger partial charge < -0.3 is 4.98 Å². The highest BCUT2D eigenvalue weighted by atomic mass is 35.5. The molecular weight excluding hydrogens is 341 g/mol. The highest BCUT2D eigenvalue weighted by Crippen LogP contribution is 2.19. The van der Waals surface area contributed by atoms with Crippen LogP contribution in [0.5, 0.6) is 0 Å². The zero-order valence-corrected chi connectivity index (χ0v) is 13.4. The summed E-state index contributed by atoms with van der Waals surface area (Å²) in [7, 11) is 0. The number of H-pyrrole nitrogens is 1. The van der Waals surface area contributed by atoms with Gasteiger partial charge in [-0.3, -0.25) is 4.79 Å². The monoisotopic (exact) mass is 349 g/mol. The fourth-order valence-corrected chi connectivity index (χ4v) is 2.68. The zero-order valence-electron chi connectivity index (χ0n) is 11.1. The van der Waals surface area contributed by atoms with Crippen LogP contribution in [0.25, 0.3) is 10.9 Å². The van der Waals surface area contributed by atoms with E-state index in [1.165, 1.54) is 6.21 Å². The van der Waals surface area contributed by atoms with Crippen LogP contribution in [0.1, 0.15) is 5.56 Å². The van der Waals surface area contributed by atoms with Crippen LogP contribution in [0, 0.1) is 4.77 Å². The SMILES string of the molecule is O=c1c2ccccc2[nH]c(=S)n1/N=C\c1ccc(Cl)cc1Cl. The maximum Gasteiger partial charge on any atom is 0.282 e. The molecule has 0 saturated carbocycles. The van der Waals surface area contributed by atoms with Gasteiger partial charge in [0.25, 0.3) is 5.56 Å². The molecule has 0 bridgehead atoms. The Hall–Kier alpha value is -1.95. The Balaban J connectivity index is 2.13. The van der Waals surface area contributed by atoms with Gasteiger partial charge in [-0.25, -0.2) is 0 Å². The molecule has 0 saturated heterocycles. The average Bonchev–Trinajstić information content (AvgIpc) is 2.49. The van der Waals surface area contributed by atoms with Gasteiger partial charge in [-0.05, 0) is 36.5 Å². The molecule has 0 amide bonds. The van der Waals surface area contributed by atoms with Gasteiger partial charge in [0.15, 0.2) is 0 Å². The lowest BCUT2D eigenvalue weighted by atomic mass is 10.2. The van der Waals surface area contributed by atoms with Crippen molar-refractivity contribution in [2.75, 3.05) is 0 Å². The third-order valence-electron chi connectivity index (χ3n) is 3.06. The Morgan fingerprint density at radius 3 is 2.73 bits per heavy atom. The van der Waals surface area contributed by atoms with Gasteiger partial charge in [0.05, 0.1) is 22.1 Å². The first-order valence-electron chi connectivity index (χ1n) is 6.30. The topological polar surface area (TPSA) is 50.1 Å². The van der Waals surface area contributed by atoms with E-state index in [0.29, 0.717) is 26.5 Å². The quantitative estimate of drug-likeness (QED) is 0.555. The number of halogens is 2. The minimum atomic E-state index is -0.291. The summed E-state index contributed by atoms with van der Waals surface area (Å²) in [6, 6.07) is 12.1. The van der Waals surface area contributed by atoms with Crippen molar-refractivity contribution in [2.24, 2.45) is 5.10 Å². The molecule has 4 nitrogen and oxygen atoms in total. The van der Waals surface area contributed by atoms with Crippen molar-refractivity contribution in [3.05, 3.63) is 73.2 Å². The number of aromatic nitrogens is 2. The van der Waals surface area contributed by atoms with Crippen LogP contribution in [-0.2, 0) is 0 Å². The molecule has 1 N–H and O–H groups in total. The lowest BCUT2D eigenvalue weighted by molar-refractivity contribution is 0.800. The van der Waals surface area contributed by atoms with Crippen molar-refractivity contribution < 1.29 is 0 Å². The molecule has 0 aliphatic carbocycles. The van der Waals surface area contributed by atoms with Crippen molar-refractivity contribution >= 4 is 52.5 Å². The van der Waals surface area contributed by atoms with E-state index in [1.54, 1.807) is 36.4 Å². The minimum absolute atomic E-state index is 0.213. The minimum Gasteiger partial charge on any atom is -0.330 e. The van der Waals surface area contributed by atoms with E-state index in [9.17, 15) is 4.79 Å². The molecule has 0 atom stereocenters. The number of hydrogen-bond acceptors (Lipinski definition) is 3. The second-order valence-corrected chi connectivity index (χ2v) is 5.73. The molecule has 0 spiro atoms. The molecule has 0 fully saturated rings. The fraction of sp³-hybridized carbons (Fsp3) is 0. The molecule has 2 aromatic carbocycles. The van der Waals surface area contributed by atoms with Crippen molar-refractivity contribution in [1.82, 2.24) is 9.66 Å². The van der Waals surface area contributed by atoms with Crippen LogP contribution in [0.4, 0.5) is 0 Å². The van der Waals surface area contributed by atoms with Crippen molar-refractivity contribution in [2.45, 2.75) is 0 Å². The van der Waals surface area contributed by atoms with E-state index in [4.69, 9.17) is 35.4 Å². The van der Waals surface area contributed by atoms with Crippen LogP contribution in [0.2, 0.25) is 10.0 Å². The molecule has 3 rings (SSSR count). The third kappa shape index (κ3) is 2.83. The van der Waals surface area contributed by atoms with Gasteiger partial charge in [-0.1, -0.05) is 41.4 Å². The maximum absolute atomic E-state index is 12.4. The molecule has 110 valence electrons. The number of rotatable bonds is 2. The molecule has 0 aliphatic heterocycles. The lowest BCUT2D eigenvalue weighted by Gasteiger charge is -2.03. The van der Waals surface area contributed by atoms with Gasteiger partial charge in [0.1, 0.15) is 0 Å². The Bertz CT molecular complexity index is 1010. The van der Waals surface area contributed by atoms with E-state index in [-0.39, 0.29) is 10.3 Å². The number of fused-ring (bicyclic) bond motifs is 1. The zero-order chi connectivity index (χ0) is 15.7. The van der Waals surface area contributed by atoms with Gasteiger partial charge >= 0.3 is 0 Å². The first kappa shape index (κ1) is 15.0. The summed E-state index contributed by atoms with van der Waals surface area (Å²) in [5, 5.41) is 5.62. The number of para-hydroxylation sites is 1. The number of aromatic amines is 1. The van der Waals surface area contributed by atoms with Crippen LogP contribution >= 0.6 is 35.4 Å². The van der Waals surface area contributed by atoms with Gasteiger partial charge in [-0.2, -0.15) is 9.78 Å². The van der Waals surface area contributed by atoms with Crippen LogP contribution in [0.15, 0.2) is 52.4 Å². The van der Waals surface area contributed by atoms with Gasteiger partial charge in [-0.15, -0.1) is 0 Å². The highest BCUT2D eigenvalue weighted by Gasteiger charge is 2.04. The van der Waals surface area contributed by atoms with Crippen LogP contribution in [-0.4, -0.2) is 15.9 Å². The Labute approximate surface area is 140 Å². The molecule has 7 heteroatoms. The Kier molecular flexibility index (Phi) is 4.11. The third-order valence-corrected chi connectivity index (χ3v) is 3.90. The predicted octanol–water partition coefficient (Wildman–Crippen LogP) is 4.25. The van der Waals surface area contributed by atoms with Crippen LogP contribution in [0.3, 0.4) is 0 Å². The van der Waals surface area contributed by atoms with E-state index in [2.05, 4.69) is 10.1 Å². The Morgan fingerprint density at radius 1 is 1.18 bits per heavy atom. The van der Waals surface area contributed by atoms with Gasteiger partial charge in [0.2, 0.25) is 4.77 Å². The van der Waals surface area contributed by atoms with E-state index in [1.807, 2.05) is 6.07 Å². The summed E-state index contributed by atoms with van der Waals surface area (Å²) in [4.78, 5) is 15.4. The molecule has 0 radical (unpaired) electrons. The standard InChI is InChI=1S/C15H9Cl2N3OS/c16-10-6-5-9(12(17)7-10)8-18-20-14(21)11-3-1-2-4-13(11)19-15(20)22/h1-8H,(H,19,22)/b18-8-. The summed E-state index contributed by atoms with van der Waals surface area (Å²) in [5.41, 5.74) is 1.02. The summed E-state index contributed by atoms with van der Waals surface area (Å²) in [5.74, 6) is 0. The molecule has 3 aromatic rings. The smallest absolute Gasteiger partial charge is 0.282 e. The van der Waals surface area contributed by atoms with Gasteiger partial charge in [0, 0.05) is 10.6 Å². The number of nitrogens with zero attached hydrogens (tertiary/aromatic N) is 2. The second-order valence-electron chi connectivity index (χ2n) is 4.50. The predicted molar refractivity (Wildman–Crippen MR) is 92.8 cm³/mol. The van der Waals surface area contributed by atoms with Crippen molar-refractivity contribution in [3.63, 3.8) is 0 Å². The fourth-order valence-electron chi connectivity index (χ4n) is 1.98. The summed E-state index contributed by atoms with van der Waals surface area (Å²) >= 11 is 17.1. The summed E-state index contributed by atoms with van der Waals surface area (Å²) in [6.07, 6.45) is 1.47. The molecule has 1 heterocycles. The molecule has 22 heavy (non-hydrogen) atoms. The van der Waals surface area contributed by atoms with E-state index in [0.717, 1.165) is 4.68 Å². The van der Waals surface area contributed by atoms with Crippen LogP contribution < -0.4 is 5.56 Å². The normalized spacial score (nSPS) is 11.4. The average molecular weight is 350 g/mol. The molecular formula is C15H9Cl2N3OS. The first-order chi connectivity index (χ1) is 10.6. The van der Waals surface area contributed by atoms with Crippen molar-refractivity contribution in [3.8, 4) is 0 Å². The number of hydrogen-bond donors (Lipinski definition) is 1. The van der Waals surface area contributed by atoms with E-state index < -0.39 is 0 Å². The van der Waals surface area contributed by atoms with Crippen molar-refractivity contribution in [1.29, 1.82) is 0 Å². The summed E-state index contributed by atoms with van der Waals surface area (Å²) in [6.45, 7) is 0. The lowest BCUT2D eigenvalue weighted by Crippen LogP contribution is -2.18. The second kappa shape index (κ2) is 6.04.